The Kier molecular flexibility index (Phi) is 7.30. The number of aliphatic hydroxyl groups is 1. The maximum atomic E-state index is 9.82. The smallest absolute Gasteiger partial charge is 0.134 e. The predicted molar refractivity (Wildman–Crippen MR) is 84.3 cm³/mol. The average Bonchev–Trinajstić information content (AvgIpc) is 2.45. The average molecular weight is 280 g/mol. The molecule has 0 saturated carbocycles. The maximum absolute atomic E-state index is 9.82. The number of hydrogen-bond acceptors (Lipinski definition) is 5. The Hall–Kier alpha value is -1.36. The third-order valence-electron chi connectivity index (χ3n) is 3.18. The third-order valence-corrected chi connectivity index (χ3v) is 3.18. The first-order valence-corrected chi connectivity index (χ1v) is 7.65. The van der Waals surface area contributed by atoms with E-state index in [2.05, 4.69) is 34.4 Å². The van der Waals surface area contributed by atoms with Gasteiger partial charge in [-0.2, -0.15) is 0 Å². The van der Waals surface area contributed by atoms with Crippen molar-refractivity contribution in [2.45, 2.75) is 59.5 Å². The molecule has 0 spiro atoms. The van der Waals surface area contributed by atoms with E-state index in [1.54, 1.807) is 0 Å². The van der Waals surface area contributed by atoms with E-state index >= 15 is 0 Å². The first-order chi connectivity index (χ1) is 9.62. The van der Waals surface area contributed by atoms with Crippen LogP contribution in [0.1, 0.15) is 51.4 Å². The van der Waals surface area contributed by atoms with Gasteiger partial charge >= 0.3 is 0 Å². The lowest BCUT2D eigenvalue weighted by atomic mass is 10.2. The van der Waals surface area contributed by atoms with E-state index in [1.165, 1.54) is 0 Å². The van der Waals surface area contributed by atoms with Crippen molar-refractivity contribution in [3.05, 3.63) is 11.4 Å². The number of anilines is 2. The van der Waals surface area contributed by atoms with Gasteiger partial charge in [-0.15, -0.1) is 0 Å². The van der Waals surface area contributed by atoms with Gasteiger partial charge < -0.3 is 15.7 Å². The summed E-state index contributed by atoms with van der Waals surface area (Å²) in [6.07, 6.45) is 3.32. The molecule has 0 bridgehead atoms. The molecule has 0 aromatic carbocycles. The fourth-order valence-electron chi connectivity index (χ4n) is 1.96. The Morgan fingerprint density at radius 3 is 2.25 bits per heavy atom. The molecule has 3 N–H and O–H groups in total. The highest BCUT2D eigenvalue weighted by Crippen LogP contribution is 2.20. The van der Waals surface area contributed by atoms with E-state index in [4.69, 9.17) is 0 Å². The standard InChI is InChI=1S/C15H28N4O/c1-5-8-12(20)10-17-15-11(4)14(16-9-6-2)18-13(7-3)19-15/h12,20H,5-10H2,1-4H3,(H2,16,17,18,19). The summed E-state index contributed by atoms with van der Waals surface area (Å²) in [6.45, 7) is 9.68. The summed E-state index contributed by atoms with van der Waals surface area (Å²) in [6, 6.07) is 0. The minimum absolute atomic E-state index is 0.327. The number of aliphatic hydroxyl groups excluding tert-OH is 1. The normalized spacial score (nSPS) is 12.2. The summed E-state index contributed by atoms with van der Waals surface area (Å²) >= 11 is 0. The largest absolute Gasteiger partial charge is 0.391 e. The SMILES string of the molecule is CCCNc1nc(CC)nc(NCC(O)CCC)c1C. The van der Waals surface area contributed by atoms with Gasteiger partial charge in [-0.25, -0.2) is 9.97 Å². The van der Waals surface area contributed by atoms with E-state index in [1.807, 2.05) is 13.8 Å². The van der Waals surface area contributed by atoms with Crippen LogP contribution in [0.25, 0.3) is 0 Å². The minimum atomic E-state index is -0.327. The van der Waals surface area contributed by atoms with E-state index in [0.717, 1.165) is 55.3 Å². The summed E-state index contributed by atoms with van der Waals surface area (Å²) in [5.41, 5.74) is 1.01. The number of hydrogen-bond donors (Lipinski definition) is 3. The van der Waals surface area contributed by atoms with Crippen LogP contribution in [0.15, 0.2) is 0 Å². The highest BCUT2D eigenvalue weighted by atomic mass is 16.3. The van der Waals surface area contributed by atoms with Gasteiger partial charge in [-0.1, -0.05) is 27.2 Å². The number of aryl methyl sites for hydroxylation is 1. The molecule has 20 heavy (non-hydrogen) atoms. The van der Waals surface area contributed by atoms with Crippen LogP contribution in [0.5, 0.6) is 0 Å². The summed E-state index contributed by atoms with van der Waals surface area (Å²) < 4.78 is 0. The van der Waals surface area contributed by atoms with E-state index in [9.17, 15) is 5.11 Å². The molecule has 0 amide bonds. The van der Waals surface area contributed by atoms with Gasteiger partial charge in [0.05, 0.1) is 6.10 Å². The molecule has 0 aliphatic heterocycles. The van der Waals surface area contributed by atoms with Crippen LogP contribution in [-0.4, -0.2) is 34.3 Å². The molecule has 1 rings (SSSR count). The van der Waals surface area contributed by atoms with Crippen molar-refractivity contribution in [1.82, 2.24) is 9.97 Å². The molecular weight excluding hydrogens is 252 g/mol. The van der Waals surface area contributed by atoms with Gasteiger partial charge in [0.2, 0.25) is 0 Å². The Morgan fingerprint density at radius 2 is 1.70 bits per heavy atom. The van der Waals surface area contributed by atoms with Crippen LogP contribution in [-0.2, 0) is 6.42 Å². The van der Waals surface area contributed by atoms with Crippen molar-refractivity contribution < 1.29 is 5.11 Å². The van der Waals surface area contributed by atoms with E-state index in [0.29, 0.717) is 6.54 Å². The van der Waals surface area contributed by atoms with Crippen LogP contribution in [0.3, 0.4) is 0 Å². The van der Waals surface area contributed by atoms with Crippen molar-refractivity contribution in [3.63, 3.8) is 0 Å². The van der Waals surface area contributed by atoms with Gasteiger partial charge in [0.15, 0.2) is 0 Å². The van der Waals surface area contributed by atoms with Crippen LogP contribution < -0.4 is 10.6 Å². The predicted octanol–water partition coefficient (Wildman–Crippen LogP) is 2.74. The zero-order valence-electron chi connectivity index (χ0n) is 13.2. The second-order valence-electron chi connectivity index (χ2n) is 5.07. The molecule has 1 atom stereocenters. The van der Waals surface area contributed by atoms with Crippen molar-refractivity contribution in [2.24, 2.45) is 0 Å². The molecule has 0 radical (unpaired) electrons. The van der Waals surface area contributed by atoms with Crippen molar-refractivity contribution in [3.8, 4) is 0 Å². The topological polar surface area (TPSA) is 70.1 Å². The first kappa shape index (κ1) is 16.7. The molecule has 1 unspecified atom stereocenters. The zero-order valence-corrected chi connectivity index (χ0v) is 13.2. The Labute approximate surface area is 122 Å². The Morgan fingerprint density at radius 1 is 1.05 bits per heavy atom. The van der Waals surface area contributed by atoms with Gasteiger partial charge in [-0.05, 0) is 19.8 Å². The number of nitrogens with one attached hydrogen (secondary N) is 2. The fraction of sp³-hybridized carbons (Fsp3) is 0.733. The second kappa shape index (κ2) is 8.74. The highest BCUT2D eigenvalue weighted by molar-refractivity contribution is 5.57. The molecule has 0 saturated heterocycles. The lowest BCUT2D eigenvalue weighted by Gasteiger charge is -2.16. The summed E-state index contributed by atoms with van der Waals surface area (Å²) in [5, 5.41) is 16.4. The van der Waals surface area contributed by atoms with E-state index in [-0.39, 0.29) is 6.10 Å². The summed E-state index contributed by atoms with van der Waals surface area (Å²) in [5.74, 6) is 2.54. The van der Waals surface area contributed by atoms with Crippen LogP contribution >= 0.6 is 0 Å². The molecule has 114 valence electrons. The molecule has 1 aromatic rings. The van der Waals surface area contributed by atoms with Crippen molar-refractivity contribution >= 4 is 11.6 Å². The van der Waals surface area contributed by atoms with Crippen molar-refractivity contribution in [1.29, 1.82) is 0 Å². The summed E-state index contributed by atoms with van der Waals surface area (Å²) in [7, 11) is 0. The molecular formula is C15H28N4O. The zero-order chi connectivity index (χ0) is 15.0. The molecule has 1 heterocycles. The number of rotatable bonds is 9. The summed E-state index contributed by atoms with van der Waals surface area (Å²) in [4.78, 5) is 9.05. The molecule has 0 aliphatic carbocycles. The quantitative estimate of drug-likeness (QED) is 0.649. The minimum Gasteiger partial charge on any atom is -0.391 e. The van der Waals surface area contributed by atoms with Gasteiger partial charge in [0, 0.05) is 25.1 Å². The number of aromatic nitrogens is 2. The molecule has 0 aliphatic rings. The highest BCUT2D eigenvalue weighted by Gasteiger charge is 2.11. The third kappa shape index (κ3) is 4.96. The molecule has 5 heteroatoms. The maximum Gasteiger partial charge on any atom is 0.134 e. The van der Waals surface area contributed by atoms with Crippen LogP contribution in [0.2, 0.25) is 0 Å². The van der Waals surface area contributed by atoms with Crippen LogP contribution in [0, 0.1) is 6.92 Å². The van der Waals surface area contributed by atoms with Crippen LogP contribution in [0.4, 0.5) is 11.6 Å². The van der Waals surface area contributed by atoms with Crippen molar-refractivity contribution in [2.75, 3.05) is 23.7 Å². The Balaban J connectivity index is 2.82. The lowest BCUT2D eigenvalue weighted by Crippen LogP contribution is -2.21. The fourth-order valence-corrected chi connectivity index (χ4v) is 1.96. The monoisotopic (exact) mass is 280 g/mol. The first-order valence-electron chi connectivity index (χ1n) is 7.65. The molecule has 5 nitrogen and oxygen atoms in total. The lowest BCUT2D eigenvalue weighted by molar-refractivity contribution is 0.176. The van der Waals surface area contributed by atoms with Gasteiger partial charge in [-0.3, -0.25) is 0 Å². The Bertz CT molecular complexity index is 409. The second-order valence-corrected chi connectivity index (χ2v) is 5.07. The number of nitrogens with zero attached hydrogens (tertiary/aromatic N) is 2. The van der Waals surface area contributed by atoms with Gasteiger partial charge in [0.25, 0.3) is 0 Å². The molecule has 1 aromatic heterocycles. The van der Waals surface area contributed by atoms with Gasteiger partial charge in [0.1, 0.15) is 17.5 Å². The molecule has 0 fully saturated rings. The van der Waals surface area contributed by atoms with E-state index < -0.39 is 0 Å².